The van der Waals surface area contributed by atoms with Crippen LogP contribution in [0.25, 0.3) is 0 Å². The number of aromatic nitrogens is 2. The van der Waals surface area contributed by atoms with Gasteiger partial charge in [-0.2, -0.15) is 52.0 Å². The fourth-order valence-electron chi connectivity index (χ4n) is 0.910. The molecule has 0 saturated carbocycles. The molecule has 0 aliphatic heterocycles. The Balaban J connectivity index is -0.0000000503. The quantitative estimate of drug-likeness (QED) is 0.128. The van der Waals surface area contributed by atoms with Crippen molar-refractivity contribution in [1.82, 2.24) is 10.1 Å². The first kappa shape index (κ1) is 49.7. The van der Waals surface area contributed by atoms with E-state index in [0.29, 0.717) is 25.1 Å². The number of nitrogens with zero attached hydrogens (tertiary/aromatic N) is 4. The molecule has 0 amide bonds. The molecule has 0 fully saturated rings. The van der Waals surface area contributed by atoms with E-state index in [2.05, 4.69) is 74.7 Å². The van der Waals surface area contributed by atoms with Crippen molar-refractivity contribution in [3.05, 3.63) is 24.1 Å². The third-order valence-electron chi connectivity index (χ3n) is 1.84. The summed E-state index contributed by atoms with van der Waals surface area (Å²) in [5.41, 5.74) is 5.08. The molecule has 33 heavy (non-hydrogen) atoms. The molecule has 190 valence electrons. The van der Waals surface area contributed by atoms with Crippen LogP contribution in [0.2, 0.25) is 0 Å². The van der Waals surface area contributed by atoms with Crippen LogP contribution in [0.1, 0.15) is 100 Å². The summed E-state index contributed by atoms with van der Waals surface area (Å²) in [5.74, 6) is 3.88. The minimum Gasteiger partial charge on any atom is -0.665 e. The van der Waals surface area contributed by atoms with Crippen LogP contribution in [-0.2, 0) is 76.6 Å². The molecule has 0 unspecified atom stereocenters. The molecular formula is C22H43N5O4Y2-4. The Bertz CT molecular complexity index is 484. The molecular weight excluding hydrogens is 576 g/mol. The normalized spacial score (nSPS) is 8.36. The minimum atomic E-state index is 0. The van der Waals surface area contributed by atoms with Crippen LogP contribution in [0.5, 0.6) is 0 Å². The topological polar surface area (TPSA) is 159 Å². The zero-order chi connectivity index (χ0) is 25.5. The number of unbranched alkanes of at least 4 members (excludes halogenated alkanes) is 1. The van der Waals surface area contributed by atoms with Gasteiger partial charge in [0.2, 0.25) is 0 Å². The second-order valence-corrected chi connectivity index (χ2v) is 6.89. The number of oxime groups is 1. The zero-order valence-electron chi connectivity index (χ0n) is 22.0. The Morgan fingerprint density at radius 3 is 1.70 bits per heavy atom. The van der Waals surface area contributed by atoms with E-state index in [4.69, 9.17) is 26.1 Å². The summed E-state index contributed by atoms with van der Waals surface area (Å²) in [4.78, 5) is 11.9. The Morgan fingerprint density at radius 1 is 1.12 bits per heavy atom. The van der Waals surface area contributed by atoms with Crippen LogP contribution in [-0.4, -0.2) is 32.8 Å². The van der Waals surface area contributed by atoms with Crippen LogP contribution >= 0.6 is 0 Å². The Morgan fingerprint density at radius 2 is 1.55 bits per heavy atom. The first-order valence-corrected chi connectivity index (χ1v) is 10.1. The van der Waals surface area contributed by atoms with Crippen molar-refractivity contribution < 1.29 is 85.0 Å². The van der Waals surface area contributed by atoms with Gasteiger partial charge >= 0.3 is 0 Å². The molecule has 1 heterocycles. The Kier molecular flexibility index (Phi) is 73.5. The van der Waals surface area contributed by atoms with Crippen molar-refractivity contribution in [2.24, 2.45) is 10.9 Å². The van der Waals surface area contributed by atoms with E-state index in [9.17, 15) is 0 Å². The number of nitrogens with two attached hydrogens (primary N) is 1. The van der Waals surface area contributed by atoms with Gasteiger partial charge in [-0.25, -0.2) is 0 Å². The number of aryl methyl sites for hydroxylation is 1. The largest absolute Gasteiger partial charge is 0.665 e. The molecule has 4 N–H and O–H groups in total. The number of nitriles is 1. The van der Waals surface area contributed by atoms with Crippen molar-refractivity contribution in [3.63, 3.8) is 0 Å². The molecule has 0 aliphatic rings. The van der Waals surface area contributed by atoms with E-state index in [1.165, 1.54) is 11.8 Å². The Hall–Kier alpha value is -0.422. The predicted octanol–water partition coefficient (Wildman–Crippen LogP) is 5.51. The maximum atomic E-state index is 8.24. The molecule has 2 radical (unpaired) electrons. The van der Waals surface area contributed by atoms with Crippen LogP contribution in [0.4, 0.5) is 0 Å². The molecule has 9 nitrogen and oxygen atoms in total. The smallest absolute Gasteiger partial charge is 0.139 e. The molecule has 0 saturated heterocycles. The number of amidine groups is 1. The summed E-state index contributed by atoms with van der Waals surface area (Å²) in [6, 6.07) is 2.02. The van der Waals surface area contributed by atoms with Crippen LogP contribution in [0.3, 0.4) is 0 Å². The first-order valence-electron chi connectivity index (χ1n) is 10.1. The van der Waals surface area contributed by atoms with Gasteiger partial charge in [-0.1, -0.05) is 45.2 Å². The monoisotopic (exact) mass is 619 g/mol. The average molecular weight is 619 g/mol. The number of hydrogen-bond acceptors (Lipinski definition) is 7. The first-order chi connectivity index (χ1) is 14.5. The van der Waals surface area contributed by atoms with E-state index >= 15 is 0 Å². The van der Waals surface area contributed by atoms with Gasteiger partial charge < -0.3 is 42.2 Å². The fraction of sp³-hybridized carbons (Fsp3) is 0.682. The van der Waals surface area contributed by atoms with E-state index < -0.39 is 0 Å². The molecule has 0 aliphatic carbocycles. The predicted molar refractivity (Wildman–Crippen MR) is 125 cm³/mol. The molecule has 0 atom stereocenters. The average Bonchev–Trinajstić information content (AvgIpc) is 3.17. The summed E-state index contributed by atoms with van der Waals surface area (Å²) in [7, 11) is 0. The molecule has 1 rings (SSSR count). The molecule has 1 aromatic heterocycles. The third kappa shape index (κ3) is 101. The summed E-state index contributed by atoms with van der Waals surface area (Å²) in [6.45, 7) is 19.0. The summed E-state index contributed by atoms with van der Waals surface area (Å²) in [6.07, 6.45) is 7.49. The van der Waals surface area contributed by atoms with Crippen molar-refractivity contribution in [1.29, 1.82) is 5.26 Å². The van der Waals surface area contributed by atoms with E-state index in [1.54, 1.807) is 0 Å². The zero-order valence-corrected chi connectivity index (χ0v) is 27.7. The van der Waals surface area contributed by atoms with Gasteiger partial charge in [-0.15, -0.1) is 0 Å². The number of rotatable bonds is 5. The van der Waals surface area contributed by atoms with Crippen molar-refractivity contribution in [2.75, 3.05) is 0 Å². The van der Waals surface area contributed by atoms with E-state index in [1.807, 2.05) is 19.9 Å². The van der Waals surface area contributed by atoms with E-state index in [-0.39, 0.29) is 65.4 Å². The van der Waals surface area contributed by atoms with Gasteiger partial charge in [-0.3, -0.25) is 0 Å². The van der Waals surface area contributed by atoms with Crippen molar-refractivity contribution >= 4 is 12.3 Å². The van der Waals surface area contributed by atoms with Crippen molar-refractivity contribution in [2.45, 2.75) is 101 Å². The number of hydrogen-bond donors (Lipinski definition) is 3. The summed E-state index contributed by atoms with van der Waals surface area (Å²) >= 11 is 0. The van der Waals surface area contributed by atoms with Crippen molar-refractivity contribution in [3.8, 4) is 6.07 Å². The van der Waals surface area contributed by atoms with Gasteiger partial charge in [-0.05, 0) is 12.8 Å². The second-order valence-electron chi connectivity index (χ2n) is 6.89. The minimum absolute atomic E-state index is 0. The SMILES string of the molecule is CCC/C(N)=N/O.CCCC#N.CCCc1n[c-]on1.C[C-](C)C.C[C-](C)C.O=[C-]O.[Y].[Y]. The number of aliphatic hydroxyl groups excluding tert-OH is 1. The Labute approximate surface area is 252 Å². The van der Waals surface area contributed by atoms with Crippen LogP contribution in [0, 0.1) is 29.6 Å². The molecule has 1 aromatic rings. The fourth-order valence-corrected chi connectivity index (χ4v) is 0.910. The summed E-state index contributed by atoms with van der Waals surface area (Å²) in [5, 5.41) is 28.8. The maximum Gasteiger partial charge on any atom is 0.139 e. The molecule has 0 bridgehead atoms. The van der Waals surface area contributed by atoms with Gasteiger partial charge in [0, 0.05) is 84.1 Å². The molecule has 0 spiro atoms. The summed E-state index contributed by atoms with van der Waals surface area (Å²) < 4.78 is 4.38. The van der Waals surface area contributed by atoms with Gasteiger partial charge in [0.15, 0.2) is 0 Å². The van der Waals surface area contributed by atoms with Crippen LogP contribution < -0.4 is 5.73 Å². The van der Waals surface area contributed by atoms with E-state index in [0.717, 1.165) is 31.5 Å². The van der Waals surface area contributed by atoms with Gasteiger partial charge in [0.1, 0.15) is 5.84 Å². The van der Waals surface area contributed by atoms with Crippen LogP contribution in [0.15, 0.2) is 9.68 Å². The third-order valence-corrected chi connectivity index (χ3v) is 1.84. The molecule has 0 aromatic carbocycles. The van der Waals surface area contributed by atoms with Gasteiger partial charge in [0.25, 0.3) is 0 Å². The molecule has 11 heteroatoms. The van der Waals surface area contributed by atoms with Gasteiger partial charge in [0.05, 0.1) is 12.5 Å². The second kappa shape index (κ2) is 48.9. The standard InChI is InChI=1S/C5H7N2O.C4H10N2O.C4H7N.2C4H9.CHO2.2Y/c1-2-3-5-6-4-8-7-5;1-2-3-4(5)6-7;1-2-3-4-5;2*1-4(2)3;2-1-3;;/h2-3H2,1H3;7H,2-3H2,1H3,(H2,5,6);2-3H2,1H3;2*1-3H3;(H,2,3);;/q-1;;;3*-1;;. The maximum absolute atomic E-state index is 8.24.